The summed E-state index contributed by atoms with van der Waals surface area (Å²) in [5, 5.41) is 0. The molecule has 164 valence electrons. The van der Waals surface area contributed by atoms with Gasteiger partial charge in [-0.25, -0.2) is 13.1 Å². The summed E-state index contributed by atoms with van der Waals surface area (Å²) >= 11 is 0. The number of hydrogen-bond acceptors (Lipinski definition) is 6. The van der Waals surface area contributed by atoms with Crippen LogP contribution in [0.15, 0.2) is 82.3 Å². The summed E-state index contributed by atoms with van der Waals surface area (Å²) in [6.07, 6.45) is 1.63. The van der Waals surface area contributed by atoms with Crippen LogP contribution in [0.25, 0.3) is 0 Å². The molecular weight excluding hydrogens is 414 g/mol. The van der Waals surface area contributed by atoms with E-state index in [0.717, 1.165) is 31.9 Å². The first-order valence-corrected chi connectivity index (χ1v) is 11.8. The monoisotopic (exact) mass is 441 g/mol. The molecule has 4 rings (SSSR count). The molecule has 2 aromatic carbocycles. The molecule has 3 aromatic rings. The van der Waals surface area contributed by atoms with Gasteiger partial charge in [0.25, 0.3) is 0 Å². The van der Waals surface area contributed by atoms with Gasteiger partial charge in [-0.15, -0.1) is 0 Å². The smallest absolute Gasteiger partial charge is 0.240 e. The summed E-state index contributed by atoms with van der Waals surface area (Å²) in [5.41, 5.74) is 1.21. The van der Waals surface area contributed by atoms with Crippen molar-refractivity contribution in [2.75, 3.05) is 44.7 Å². The van der Waals surface area contributed by atoms with Crippen LogP contribution in [0.5, 0.6) is 5.75 Å². The summed E-state index contributed by atoms with van der Waals surface area (Å²) in [7, 11) is -2.10. The van der Waals surface area contributed by atoms with Crippen molar-refractivity contribution in [2.24, 2.45) is 0 Å². The third-order valence-electron chi connectivity index (χ3n) is 5.58. The zero-order chi connectivity index (χ0) is 21.7. The molecule has 1 aliphatic heterocycles. The van der Waals surface area contributed by atoms with Crippen LogP contribution in [0.1, 0.15) is 11.8 Å². The summed E-state index contributed by atoms with van der Waals surface area (Å²) in [4.78, 5) is 4.83. The summed E-state index contributed by atoms with van der Waals surface area (Å²) in [6.45, 7) is 3.58. The maximum Gasteiger partial charge on any atom is 0.240 e. The molecule has 2 heterocycles. The number of nitrogens with zero attached hydrogens (tertiary/aromatic N) is 2. The fraction of sp³-hybridized carbons (Fsp3) is 0.304. The minimum absolute atomic E-state index is 0.180. The quantitative estimate of drug-likeness (QED) is 0.579. The molecule has 1 unspecified atom stereocenters. The number of piperazine rings is 1. The first kappa shape index (κ1) is 21.4. The zero-order valence-corrected chi connectivity index (χ0v) is 18.3. The predicted octanol–water partition coefficient (Wildman–Crippen LogP) is 3.13. The van der Waals surface area contributed by atoms with Crippen LogP contribution in [0.3, 0.4) is 0 Å². The average Bonchev–Trinajstić information content (AvgIpc) is 3.35. The van der Waals surface area contributed by atoms with Crippen molar-refractivity contribution in [2.45, 2.75) is 10.9 Å². The SMILES string of the molecule is COc1ccc(S(=O)(=O)NCC(c2ccco2)N2CCN(c3ccccc3)CC2)cc1. The van der Waals surface area contributed by atoms with E-state index < -0.39 is 10.0 Å². The lowest BCUT2D eigenvalue weighted by Crippen LogP contribution is -2.49. The molecule has 0 bridgehead atoms. The predicted molar refractivity (Wildman–Crippen MR) is 120 cm³/mol. The number of furan rings is 1. The Balaban J connectivity index is 1.44. The Kier molecular flexibility index (Phi) is 6.60. The van der Waals surface area contributed by atoms with Gasteiger partial charge in [-0.2, -0.15) is 0 Å². The molecule has 1 atom stereocenters. The van der Waals surface area contributed by atoms with Gasteiger partial charge in [0.15, 0.2) is 0 Å². The number of methoxy groups -OCH3 is 1. The number of nitrogens with one attached hydrogen (secondary N) is 1. The van der Waals surface area contributed by atoms with E-state index in [1.807, 2.05) is 30.3 Å². The highest BCUT2D eigenvalue weighted by Gasteiger charge is 2.28. The van der Waals surface area contributed by atoms with E-state index in [2.05, 4.69) is 26.7 Å². The molecule has 0 spiro atoms. The Bertz CT molecular complexity index is 1050. The van der Waals surface area contributed by atoms with Crippen molar-refractivity contribution in [3.05, 3.63) is 78.8 Å². The van der Waals surface area contributed by atoms with E-state index in [1.54, 1.807) is 37.6 Å². The fourth-order valence-electron chi connectivity index (χ4n) is 3.85. The van der Waals surface area contributed by atoms with Gasteiger partial charge in [0, 0.05) is 38.4 Å². The standard InChI is InChI=1S/C23H27N3O4S/c1-29-20-9-11-21(12-10-20)31(27,28)24-18-22(23-8-5-17-30-23)26-15-13-25(14-16-26)19-6-3-2-4-7-19/h2-12,17,22,24H,13-16,18H2,1H3. The molecule has 1 saturated heterocycles. The van der Waals surface area contributed by atoms with Crippen LogP contribution in [-0.2, 0) is 10.0 Å². The first-order chi connectivity index (χ1) is 15.1. The Morgan fingerprint density at radius 3 is 2.29 bits per heavy atom. The number of benzene rings is 2. The lowest BCUT2D eigenvalue weighted by molar-refractivity contribution is 0.166. The topological polar surface area (TPSA) is 75.0 Å². The van der Waals surface area contributed by atoms with Gasteiger partial charge < -0.3 is 14.1 Å². The van der Waals surface area contributed by atoms with Crippen LogP contribution < -0.4 is 14.4 Å². The van der Waals surface area contributed by atoms with Crippen molar-refractivity contribution < 1.29 is 17.6 Å². The number of hydrogen-bond donors (Lipinski definition) is 1. The Labute approximate surface area is 183 Å². The maximum atomic E-state index is 12.8. The highest BCUT2D eigenvalue weighted by molar-refractivity contribution is 7.89. The highest BCUT2D eigenvalue weighted by atomic mass is 32.2. The van der Waals surface area contributed by atoms with Gasteiger partial charge in [0.1, 0.15) is 11.5 Å². The second kappa shape index (κ2) is 9.55. The third-order valence-corrected chi connectivity index (χ3v) is 7.02. The van der Waals surface area contributed by atoms with Crippen LogP contribution >= 0.6 is 0 Å². The number of para-hydroxylation sites is 1. The lowest BCUT2D eigenvalue weighted by Gasteiger charge is -2.39. The van der Waals surface area contributed by atoms with Crippen molar-refractivity contribution in [3.8, 4) is 5.75 Å². The van der Waals surface area contributed by atoms with Gasteiger partial charge in [-0.1, -0.05) is 18.2 Å². The second-order valence-corrected chi connectivity index (χ2v) is 9.18. The maximum absolute atomic E-state index is 12.8. The number of anilines is 1. The van der Waals surface area contributed by atoms with Crippen molar-refractivity contribution in [3.63, 3.8) is 0 Å². The van der Waals surface area contributed by atoms with E-state index in [-0.39, 0.29) is 17.5 Å². The number of ether oxygens (including phenoxy) is 1. The minimum Gasteiger partial charge on any atom is -0.497 e. The molecule has 0 aliphatic carbocycles. The molecule has 1 aromatic heterocycles. The van der Waals surface area contributed by atoms with Crippen LogP contribution in [0.4, 0.5) is 5.69 Å². The average molecular weight is 442 g/mol. The second-order valence-electron chi connectivity index (χ2n) is 7.42. The highest BCUT2D eigenvalue weighted by Crippen LogP contribution is 2.25. The normalized spacial score (nSPS) is 16.2. The Hall–Kier alpha value is -2.81. The molecule has 31 heavy (non-hydrogen) atoms. The Morgan fingerprint density at radius 2 is 1.68 bits per heavy atom. The van der Waals surface area contributed by atoms with Gasteiger partial charge in [-0.3, -0.25) is 4.90 Å². The molecule has 0 radical (unpaired) electrons. The first-order valence-electron chi connectivity index (χ1n) is 10.3. The minimum atomic E-state index is -3.65. The van der Waals surface area contributed by atoms with Gasteiger partial charge in [0.05, 0.1) is 24.3 Å². The van der Waals surface area contributed by atoms with Crippen molar-refractivity contribution in [1.82, 2.24) is 9.62 Å². The third kappa shape index (κ3) is 5.10. The molecule has 1 N–H and O–H groups in total. The van der Waals surface area contributed by atoms with E-state index in [9.17, 15) is 8.42 Å². The number of rotatable bonds is 8. The molecule has 7 nitrogen and oxygen atoms in total. The van der Waals surface area contributed by atoms with Crippen LogP contribution in [-0.4, -0.2) is 53.2 Å². The molecule has 0 amide bonds. The molecule has 0 saturated carbocycles. The molecule has 8 heteroatoms. The van der Waals surface area contributed by atoms with E-state index >= 15 is 0 Å². The van der Waals surface area contributed by atoms with Crippen molar-refractivity contribution in [1.29, 1.82) is 0 Å². The summed E-state index contributed by atoms with van der Waals surface area (Å²) < 4.78 is 39.2. The van der Waals surface area contributed by atoms with Crippen LogP contribution in [0.2, 0.25) is 0 Å². The van der Waals surface area contributed by atoms with E-state index in [1.165, 1.54) is 5.69 Å². The summed E-state index contributed by atoms with van der Waals surface area (Å²) in [5.74, 6) is 1.37. The molecule has 1 fully saturated rings. The van der Waals surface area contributed by atoms with Crippen LogP contribution in [0, 0.1) is 0 Å². The van der Waals surface area contributed by atoms with E-state index in [4.69, 9.17) is 9.15 Å². The Morgan fingerprint density at radius 1 is 0.968 bits per heavy atom. The molecular formula is C23H27N3O4S. The summed E-state index contributed by atoms with van der Waals surface area (Å²) in [6, 6.07) is 20.2. The van der Waals surface area contributed by atoms with Gasteiger partial charge in [-0.05, 0) is 48.5 Å². The van der Waals surface area contributed by atoms with Gasteiger partial charge >= 0.3 is 0 Å². The van der Waals surface area contributed by atoms with Gasteiger partial charge in [0.2, 0.25) is 10.0 Å². The largest absolute Gasteiger partial charge is 0.497 e. The lowest BCUT2D eigenvalue weighted by atomic mass is 10.1. The number of sulfonamides is 1. The van der Waals surface area contributed by atoms with Crippen molar-refractivity contribution >= 4 is 15.7 Å². The molecule has 1 aliphatic rings. The van der Waals surface area contributed by atoms with E-state index in [0.29, 0.717) is 5.75 Å². The zero-order valence-electron chi connectivity index (χ0n) is 17.5. The fourth-order valence-corrected chi connectivity index (χ4v) is 4.89.